The number of carbonyl (C=O) groups excluding carboxylic acids is 1. The van der Waals surface area contributed by atoms with Gasteiger partial charge in [0.2, 0.25) is 5.91 Å². The number of benzene rings is 1. The molecule has 9 heteroatoms. The number of hydrogen-bond donors (Lipinski definition) is 2. The molecule has 22 heavy (non-hydrogen) atoms. The van der Waals surface area contributed by atoms with Crippen LogP contribution in [0.3, 0.4) is 0 Å². The van der Waals surface area contributed by atoms with Crippen LogP contribution >= 0.6 is 0 Å². The minimum atomic E-state index is -4.50. The summed E-state index contributed by atoms with van der Waals surface area (Å²) < 4.78 is 42.6. The van der Waals surface area contributed by atoms with E-state index >= 15 is 0 Å². The fraction of sp³-hybridized carbons (Fsp3) is 0.308. The van der Waals surface area contributed by atoms with Gasteiger partial charge < -0.3 is 5.32 Å². The molecule has 0 unspecified atom stereocenters. The van der Waals surface area contributed by atoms with Crippen molar-refractivity contribution in [3.63, 3.8) is 0 Å². The Kier molecular flexibility index (Phi) is 4.64. The van der Waals surface area contributed by atoms with Crippen molar-refractivity contribution in [2.24, 2.45) is 0 Å². The maximum Gasteiger partial charge on any atom is 0.438 e. The Balaban J connectivity index is 1.91. The van der Waals surface area contributed by atoms with Gasteiger partial charge in [0.25, 0.3) is 0 Å². The SMILES string of the molecule is O=C(Cc1ccccc1C(F)(F)F)NCCc1noc(=O)[nH]1. The van der Waals surface area contributed by atoms with Crippen LogP contribution in [0.25, 0.3) is 0 Å². The molecule has 1 heterocycles. The van der Waals surface area contributed by atoms with Crippen LogP contribution in [-0.2, 0) is 23.8 Å². The highest BCUT2D eigenvalue weighted by atomic mass is 19.4. The molecule has 0 saturated heterocycles. The van der Waals surface area contributed by atoms with Gasteiger partial charge in [0.15, 0.2) is 5.82 Å². The Morgan fingerprint density at radius 2 is 2.05 bits per heavy atom. The van der Waals surface area contributed by atoms with Gasteiger partial charge in [0, 0.05) is 13.0 Å². The van der Waals surface area contributed by atoms with Crippen LogP contribution in [0, 0.1) is 0 Å². The molecule has 0 bridgehead atoms. The molecule has 2 aromatic rings. The lowest BCUT2D eigenvalue weighted by Crippen LogP contribution is -2.28. The predicted octanol–water partition coefficient (Wildman–Crippen LogP) is 1.28. The summed E-state index contributed by atoms with van der Waals surface area (Å²) >= 11 is 0. The van der Waals surface area contributed by atoms with Gasteiger partial charge in [-0.2, -0.15) is 13.2 Å². The highest BCUT2D eigenvalue weighted by molar-refractivity contribution is 5.79. The second kappa shape index (κ2) is 6.46. The van der Waals surface area contributed by atoms with Crippen molar-refractivity contribution < 1.29 is 22.5 Å². The van der Waals surface area contributed by atoms with Crippen molar-refractivity contribution in [3.05, 3.63) is 51.8 Å². The van der Waals surface area contributed by atoms with Crippen LogP contribution in [-0.4, -0.2) is 22.6 Å². The Morgan fingerprint density at radius 1 is 1.32 bits per heavy atom. The largest absolute Gasteiger partial charge is 0.438 e. The summed E-state index contributed by atoms with van der Waals surface area (Å²) in [6.07, 6.45) is -4.68. The monoisotopic (exact) mass is 315 g/mol. The van der Waals surface area contributed by atoms with Crippen LogP contribution in [0.2, 0.25) is 0 Å². The zero-order valence-corrected chi connectivity index (χ0v) is 11.2. The molecule has 0 aliphatic carbocycles. The molecule has 1 aromatic carbocycles. The van der Waals surface area contributed by atoms with E-state index in [1.54, 1.807) is 0 Å². The predicted molar refractivity (Wildman–Crippen MR) is 69.0 cm³/mol. The number of aromatic nitrogens is 2. The number of carbonyl (C=O) groups is 1. The second-order valence-electron chi connectivity index (χ2n) is 4.47. The van der Waals surface area contributed by atoms with Gasteiger partial charge >= 0.3 is 11.9 Å². The molecule has 0 saturated carbocycles. The fourth-order valence-electron chi connectivity index (χ4n) is 1.87. The molecular weight excluding hydrogens is 303 g/mol. The van der Waals surface area contributed by atoms with Crippen LogP contribution in [0.4, 0.5) is 13.2 Å². The minimum Gasteiger partial charge on any atom is -0.355 e. The number of nitrogens with zero attached hydrogens (tertiary/aromatic N) is 1. The molecule has 0 fully saturated rings. The molecule has 0 atom stereocenters. The molecule has 2 N–H and O–H groups in total. The summed E-state index contributed by atoms with van der Waals surface area (Å²) in [5.41, 5.74) is -0.923. The highest BCUT2D eigenvalue weighted by Gasteiger charge is 2.33. The first kappa shape index (κ1) is 15.8. The number of halogens is 3. The first-order chi connectivity index (χ1) is 10.4. The molecule has 0 radical (unpaired) electrons. The molecule has 118 valence electrons. The normalized spacial score (nSPS) is 11.4. The summed E-state index contributed by atoms with van der Waals surface area (Å²) in [6, 6.07) is 4.91. The van der Waals surface area contributed by atoms with Crippen molar-refractivity contribution in [3.8, 4) is 0 Å². The van der Waals surface area contributed by atoms with Gasteiger partial charge in [-0.25, -0.2) is 4.79 Å². The van der Waals surface area contributed by atoms with Crippen LogP contribution in [0.1, 0.15) is 17.0 Å². The Hall–Kier alpha value is -2.58. The van der Waals surface area contributed by atoms with Crippen molar-refractivity contribution >= 4 is 5.91 Å². The van der Waals surface area contributed by atoms with E-state index in [9.17, 15) is 22.8 Å². The number of H-pyrrole nitrogens is 1. The van der Waals surface area contributed by atoms with E-state index in [2.05, 4.69) is 20.0 Å². The summed E-state index contributed by atoms with van der Waals surface area (Å²) in [5, 5.41) is 5.86. The maximum absolute atomic E-state index is 12.8. The van der Waals surface area contributed by atoms with Gasteiger partial charge in [-0.05, 0) is 11.6 Å². The van der Waals surface area contributed by atoms with E-state index in [0.717, 1.165) is 6.07 Å². The fourth-order valence-corrected chi connectivity index (χ4v) is 1.87. The molecule has 2 rings (SSSR count). The maximum atomic E-state index is 12.8. The smallest absolute Gasteiger partial charge is 0.355 e. The average Bonchev–Trinajstić information content (AvgIpc) is 2.84. The number of hydrogen-bond acceptors (Lipinski definition) is 4. The minimum absolute atomic E-state index is 0.0951. The zero-order valence-electron chi connectivity index (χ0n) is 11.2. The van der Waals surface area contributed by atoms with Crippen LogP contribution in [0.5, 0.6) is 0 Å². The lowest BCUT2D eigenvalue weighted by molar-refractivity contribution is -0.138. The number of nitrogens with one attached hydrogen (secondary N) is 2. The van der Waals surface area contributed by atoms with E-state index in [0.29, 0.717) is 0 Å². The quantitative estimate of drug-likeness (QED) is 0.870. The third-order valence-electron chi connectivity index (χ3n) is 2.84. The third kappa shape index (κ3) is 4.21. The Morgan fingerprint density at radius 3 is 2.68 bits per heavy atom. The van der Waals surface area contributed by atoms with Gasteiger partial charge in [-0.3, -0.25) is 14.3 Å². The summed E-state index contributed by atoms with van der Waals surface area (Å²) in [5.74, 6) is -1.01. The van der Waals surface area contributed by atoms with Gasteiger partial charge in [-0.15, -0.1) is 0 Å². The van der Waals surface area contributed by atoms with E-state index in [-0.39, 0.29) is 30.8 Å². The average molecular weight is 315 g/mol. The summed E-state index contributed by atoms with van der Waals surface area (Å²) in [7, 11) is 0. The standard InChI is InChI=1S/C13H12F3N3O3/c14-13(15,16)9-4-2-1-3-8(9)7-11(20)17-6-5-10-18-12(21)22-19-10/h1-4H,5-7H2,(H,17,20)(H,18,19,21). The Bertz CT molecular complexity index is 706. The van der Waals surface area contributed by atoms with Crippen LogP contribution < -0.4 is 11.1 Å². The summed E-state index contributed by atoms with van der Waals surface area (Å²) in [6.45, 7) is 0.121. The molecule has 1 amide bonds. The molecule has 0 aliphatic rings. The van der Waals surface area contributed by atoms with E-state index < -0.39 is 23.4 Å². The first-order valence-electron chi connectivity index (χ1n) is 6.33. The summed E-state index contributed by atoms with van der Waals surface area (Å²) in [4.78, 5) is 24.7. The molecule has 0 aliphatic heterocycles. The Labute approximate surface area is 122 Å². The van der Waals surface area contributed by atoms with E-state index in [1.807, 2.05) is 0 Å². The number of rotatable bonds is 5. The van der Waals surface area contributed by atoms with Gasteiger partial charge in [0.1, 0.15) is 0 Å². The lowest BCUT2D eigenvalue weighted by Gasteiger charge is -2.12. The van der Waals surface area contributed by atoms with Crippen molar-refractivity contribution in [1.82, 2.24) is 15.5 Å². The second-order valence-corrected chi connectivity index (χ2v) is 4.47. The van der Waals surface area contributed by atoms with Crippen molar-refractivity contribution in [2.75, 3.05) is 6.54 Å². The van der Waals surface area contributed by atoms with Gasteiger partial charge in [0.05, 0.1) is 12.0 Å². The van der Waals surface area contributed by atoms with E-state index in [4.69, 9.17) is 0 Å². The highest BCUT2D eigenvalue weighted by Crippen LogP contribution is 2.31. The molecule has 6 nitrogen and oxygen atoms in total. The number of aromatic amines is 1. The molecule has 0 spiro atoms. The lowest BCUT2D eigenvalue weighted by atomic mass is 10.0. The zero-order chi connectivity index (χ0) is 16.2. The topological polar surface area (TPSA) is 88.0 Å². The van der Waals surface area contributed by atoms with Gasteiger partial charge in [-0.1, -0.05) is 23.4 Å². The van der Waals surface area contributed by atoms with Crippen molar-refractivity contribution in [1.29, 1.82) is 0 Å². The molecular formula is C13H12F3N3O3. The third-order valence-corrected chi connectivity index (χ3v) is 2.84. The first-order valence-corrected chi connectivity index (χ1v) is 6.33. The number of amides is 1. The number of alkyl halides is 3. The van der Waals surface area contributed by atoms with Crippen molar-refractivity contribution in [2.45, 2.75) is 19.0 Å². The molecule has 1 aromatic heterocycles. The van der Waals surface area contributed by atoms with Crippen LogP contribution in [0.15, 0.2) is 33.6 Å². The van der Waals surface area contributed by atoms with E-state index in [1.165, 1.54) is 18.2 Å².